The lowest BCUT2D eigenvalue weighted by Crippen LogP contribution is -2.15. The number of carbonyl (C=O) groups is 2. The average Bonchev–Trinajstić information content (AvgIpc) is 3.32. The van der Waals surface area contributed by atoms with Crippen LogP contribution in [0.2, 0.25) is 0 Å². The van der Waals surface area contributed by atoms with Gasteiger partial charge in [0.15, 0.2) is 12.4 Å². The highest BCUT2D eigenvalue weighted by molar-refractivity contribution is 7.14. The van der Waals surface area contributed by atoms with E-state index in [-0.39, 0.29) is 18.8 Å². The number of carbonyl (C=O) groups excluding carboxylic acids is 2. The molecule has 0 saturated heterocycles. The maximum absolute atomic E-state index is 12.1. The molecule has 7 heteroatoms. The van der Waals surface area contributed by atoms with Crippen LogP contribution >= 0.6 is 22.7 Å². The van der Waals surface area contributed by atoms with Crippen LogP contribution in [-0.2, 0) is 16.0 Å². The molecule has 0 aliphatic carbocycles. The van der Waals surface area contributed by atoms with Gasteiger partial charge in [-0.2, -0.15) is 11.3 Å². The van der Waals surface area contributed by atoms with Gasteiger partial charge in [-0.25, -0.2) is 4.98 Å². The number of Topliss-reactive ketones (excluding diaryl/α,β-unsaturated/α-hetero) is 1. The third-order valence-corrected chi connectivity index (χ3v) is 5.12. The number of aromatic nitrogens is 1. The molecule has 3 rings (SSSR count). The molecule has 0 saturated carbocycles. The van der Waals surface area contributed by atoms with Crippen molar-refractivity contribution in [2.75, 3.05) is 13.2 Å². The van der Waals surface area contributed by atoms with E-state index in [9.17, 15) is 9.59 Å². The fourth-order valence-corrected chi connectivity index (χ4v) is 3.77. The van der Waals surface area contributed by atoms with Crippen LogP contribution in [0.1, 0.15) is 23.0 Å². The van der Waals surface area contributed by atoms with Gasteiger partial charge in [-0.05, 0) is 42.6 Å². The average molecular weight is 387 g/mol. The van der Waals surface area contributed by atoms with Crippen molar-refractivity contribution in [1.82, 2.24) is 4.98 Å². The molecule has 26 heavy (non-hydrogen) atoms. The fraction of sp³-hybridized carbons (Fsp3) is 0.211. The number of thiazole rings is 1. The normalized spacial score (nSPS) is 10.5. The summed E-state index contributed by atoms with van der Waals surface area (Å²) in [5.41, 5.74) is 2.18. The van der Waals surface area contributed by atoms with E-state index >= 15 is 0 Å². The van der Waals surface area contributed by atoms with E-state index in [0.29, 0.717) is 23.6 Å². The summed E-state index contributed by atoms with van der Waals surface area (Å²) in [7, 11) is 0. The molecule has 5 nitrogen and oxygen atoms in total. The topological polar surface area (TPSA) is 65.5 Å². The summed E-state index contributed by atoms with van der Waals surface area (Å²) in [6, 6.07) is 8.75. The SMILES string of the molecule is CCOc1ccc(C(=O)COC(=O)Cc2csc(-c3ccsc3)n2)cc1. The van der Waals surface area contributed by atoms with E-state index in [1.165, 1.54) is 11.3 Å². The maximum atomic E-state index is 12.1. The second kappa shape index (κ2) is 8.73. The highest BCUT2D eigenvalue weighted by atomic mass is 32.1. The maximum Gasteiger partial charge on any atom is 0.312 e. The molecule has 0 radical (unpaired) electrons. The van der Waals surface area contributed by atoms with Crippen LogP contribution < -0.4 is 4.74 Å². The van der Waals surface area contributed by atoms with E-state index < -0.39 is 5.97 Å². The summed E-state index contributed by atoms with van der Waals surface area (Å²) in [4.78, 5) is 28.5. The van der Waals surface area contributed by atoms with Crippen LogP contribution in [-0.4, -0.2) is 30.0 Å². The minimum Gasteiger partial charge on any atom is -0.494 e. The monoisotopic (exact) mass is 387 g/mol. The van der Waals surface area contributed by atoms with Crippen molar-refractivity contribution in [2.45, 2.75) is 13.3 Å². The number of nitrogens with zero attached hydrogens (tertiary/aromatic N) is 1. The standard InChI is InChI=1S/C19H17NO4S2/c1-2-23-16-5-3-13(4-6-16)17(21)10-24-18(22)9-15-12-26-19(20-15)14-7-8-25-11-14/h3-8,11-12H,2,9-10H2,1H3. The van der Waals surface area contributed by atoms with Crippen LogP contribution in [0.15, 0.2) is 46.5 Å². The first-order valence-corrected chi connectivity index (χ1v) is 9.86. The Hall–Kier alpha value is -2.51. The lowest BCUT2D eigenvalue weighted by atomic mass is 10.1. The van der Waals surface area contributed by atoms with Gasteiger partial charge in [-0.1, -0.05) is 0 Å². The Balaban J connectivity index is 1.50. The Morgan fingerprint density at radius 2 is 1.92 bits per heavy atom. The molecule has 0 spiro atoms. The summed E-state index contributed by atoms with van der Waals surface area (Å²) >= 11 is 3.08. The summed E-state index contributed by atoms with van der Waals surface area (Å²) in [6.07, 6.45) is 0.0528. The molecule has 0 amide bonds. The highest BCUT2D eigenvalue weighted by Gasteiger charge is 2.13. The third-order valence-electron chi connectivity index (χ3n) is 3.50. The number of hydrogen-bond donors (Lipinski definition) is 0. The molecule has 3 aromatic rings. The van der Waals surface area contributed by atoms with E-state index in [1.54, 1.807) is 35.6 Å². The molecule has 0 atom stereocenters. The van der Waals surface area contributed by atoms with Crippen LogP contribution in [0, 0.1) is 0 Å². The molecule has 0 unspecified atom stereocenters. The lowest BCUT2D eigenvalue weighted by molar-refractivity contribution is -0.141. The fourth-order valence-electron chi connectivity index (χ4n) is 2.24. The zero-order valence-electron chi connectivity index (χ0n) is 14.1. The molecule has 0 aliphatic rings. The van der Waals surface area contributed by atoms with Gasteiger partial charge in [0.25, 0.3) is 0 Å². The quantitative estimate of drug-likeness (QED) is 0.427. The molecule has 134 valence electrons. The molecule has 1 aromatic carbocycles. The van der Waals surface area contributed by atoms with Crippen molar-refractivity contribution in [3.8, 4) is 16.3 Å². The Kier molecular flexibility index (Phi) is 6.14. The van der Waals surface area contributed by atoms with Crippen molar-refractivity contribution in [3.05, 3.63) is 57.7 Å². The molecule has 2 heterocycles. The highest BCUT2D eigenvalue weighted by Crippen LogP contribution is 2.25. The van der Waals surface area contributed by atoms with Gasteiger partial charge in [0.2, 0.25) is 0 Å². The minimum absolute atomic E-state index is 0.0528. The van der Waals surface area contributed by atoms with Gasteiger partial charge in [0.1, 0.15) is 10.8 Å². The number of benzene rings is 1. The Labute approximate surface area is 159 Å². The van der Waals surface area contributed by atoms with Crippen LogP contribution in [0.4, 0.5) is 0 Å². The minimum atomic E-state index is -0.466. The number of rotatable bonds is 8. The molecular formula is C19H17NO4S2. The first kappa shape index (κ1) is 18.3. The van der Waals surface area contributed by atoms with Gasteiger partial charge in [0.05, 0.1) is 18.7 Å². The Morgan fingerprint density at radius 3 is 2.62 bits per heavy atom. The molecular weight excluding hydrogens is 370 g/mol. The number of ketones is 1. The van der Waals surface area contributed by atoms with Crippen molar-refractivity contribution in [2.24, 2.45) is 0 Å². The Bertz CT molecular complexity index is 869. The summed E-state index contributed by atoms with van der Waals surface area (Å²) < 4.78 is 10.4. The molecule has 2 aromatic heterocycles. The predicted molar refractivity (Wildman–Crippen MR) is 102 cm³/mol. The van der Waals surface area contributed by atoms with Crippen molar-refractivity contribution < 1.29 is 19.1 Å². The number of esters is 1. The summed E-state index contributed by atoms with van der Waals surface area (Å²) in [5, 5.41) is 6.70. The van der Waals surface area contributed by atoms with Gasteiger partial charge in [0, 0.05) is 21.9 Å². The summed E-state index contributed by atoms with van der Waals surface area (Å²) in [5.74, 6) is -0.0175. The third kappa shape index (κ3) is 4.77. The van der Waals surface area contributed by atoms with Gasteiger partial charge >= 0.3 is 5.97 Å². The van der Waals surface area contributed by atoms with Crippen LogP contribution in [0.3, 0.4) is 0 Å². The van der Waals surface area contributed by atoms with Gasteiger partial charge in [-0.15, -0.1) is 11.3 Å². The molecule has 0 bridgehead atoms. The second-order valence-electron chi connectivity index (χ2n) is 5.37. The largest absolute Gasteiger partial charge is 0.494 e. The first-order valence-electron chi connectivity index (χ1n) is 8.04. The zero-order valence-corrected chi connectivity index (χ0v) is 15.8. The van der Waals surface area contributed by atoms with Gasteiger partial charge < -0.3 is 9.47 Å². The number of hydrogen-bond acceptors (Lipinski definition) is 7. The van der Waals surface area contributed by atoms with Crippen LogP contribution in [0.5, 0.6) is 5.75 Å². The smallest absolute Gasteiger partial charge is 0.312 e. The predicted octanol–water partition coefficient (Wildman–Crippen LogP) is 4.24. The number of ether oxygens (including phenoxy) is 2. The molecule has 0 N–H and O–H groups in total. The van der Waals surface area contributed by atoms with E-state index in [0.717, 1.165) is 10.6 Å². The Morgan fingerprint density at radius 1 is 1.12 bits per heavy atom. The second-order valence-corrected chi connectivity index (χ2v) is 7.01. The zero-order chi connectivity index (χ0) is 18.4. The van der Waals surface area contributed by atoms with E-state index in [2.05, 4.69) is 4.98 Å². The van der Waals surface area contributed by atoms with Gasteiger partial charge in [-0.3, -0.25) is 9.59 Å². The van der Waals surface area contributed by atoms with E-state index in [1.807, 2.05) is 29.1 Å². The van der Waals surface area contributed by atoms with Crippen molar-refractivity contribution >= 4 is 34.4 Å². The molecule has 0 fully saturated rings. The van der Waals surface area contributed by atoms with Crippen LogP contribution in [0.25, 0.3) is 10.6 Å². The van der Waals surface area contributed by atoms with Crippen molar-refractivity contribution in [3.63, 3.8) is 0 Å². The number of thiophene rings is 1. The van der Waals surface area contributed by atoms with E-state index in [4.69, 9.17) is 9.47 Å². The molecule has 0 aliphatic heterocycles. The lowest BCUT2D eigenvalue weighted by Gasteiger charge is -2.05. The summed E-state index contributed by atoms with van der Waals surface area (Å²) in [6.45, 7) is 2.17. The van der Waals surface area contributed by atoms with Crippen molar-refractivity contribution in [1.29, 1.82) is 0 Å². The first-order chi connectivity index (χ1) is 12.7.